The van der Waals surface area contributed by atoms with Gasteiger partial charge in [-0.2, -0.15) is 17.8 Å². The fourth-order valence-electron chi connectivity index (χ4n) is 4.53. The monoisotopic (exact) mass is 376 g/mol. The van der Waals surface area contributed by atoms with Gasteiger partial charge in [-0.25, -0.2) is 0 Å². The van der Waals surface area contributed by atoms with Crippen molar-refractivity contribution in [3.63, 3.8) is 0 Å². The van der Waals surface area contributed by atoms with Crippen molar-refractivity contribution in [1.29, 1.82) is 0 Å². The Hall–Kier alpha value is -2.90. The molecule has 4 aliphatic rings. The molecule has 1 amide bonds. The van der Waals surface area contributed by atoms with Crippen LogP contribution in [0.3, 0.4) is 0 Å². The lowest BCUT2D eigenvalue weighted by Crippen LogP contribution is -2.22. The number of alkyl halides is 3. The summed E-state index contributed by atoms with van der Waals surface area (Å²) in [6, 6.07) is 3.73. The van der Waals surface area contributed by atoms with Gasteiger partial charge in [0.2, 0.25) is 11.8 Å². The molecule has 0 spiro atoms. The Morgan fingerprint density at radius 1 is 1.00 bits per heavy atom. The number of allylic oxidation sites excluding steroid dienone is 2. The third-order valence-electron chi connectivity index (χ3n) is 5.89. The molecule has 1 aromatic carbocycles. The molecule has 140 valence electrons. The molecule has 4 aliphatic carbocycles. The molecule has 0 saturated heterocycles. The molecule has 0 unspecified atom stereocenters. The molecule has 5 nitrogen and oxygen atoms in total. The highest BCUT2D eigenvalue weighted by atomic mass is 19.4. The molecule has 2 aromatic rings. The smallest absolute Gasteiger partial charge is 0.416 e. The largest absolute Gasteiger partial charge is 0.493 e. The predicted molar refractivity (Wildman–Crippen MR) is 89.1 cm³/mol. The Morgan fingerprint density at radius 2 is 1.52 bits per heavy atom. The Bertz CT molecular complexity index is 950. The zero-order valence-electron chi connectivity index (χ0n) is 13.9. The van der Waals surface area contributed by atoms with Crippen LogP contribution < -0.4 is 5.43 Å². The van der Waals surface area contributed by atoms with E-state index in [1.165, 1.54) is 0 Å². The summed E-state index contributed by atoms with van der Waals surface area (Å²) in [6.07, 6.45) is 0.622. The van der Waals surface area contributed by atoms with Gasteiger partial charge in [0.25, 0.3) is 5.91 Å². The number of aromatic nitrogens is 1. The van der Waals surface area contributed by atoms with E-state index in [4.69, 9.17) is 0 Å². The summed E-state index contributed by atoms with van der Waals surface area (Å²) >= 11 is 0. The van der Waals surface area contributed by atoms with E-state index in [1.54, 1.807) is 0 Å². The first-order valence-corrected chi connectivity index (χ1v) is 8.60. The Balaban J connectivity index is 1.45. The highest BCUT2D eigenvalue weighted by Crippen LogP contribution is 2.67. The topological polar surface area (TPSA) is 74.5 Å². The van der Waals surface area contributed by atoms with E-state index in [1.807, 2.05) is 12.2 Å². The molecule has 0 aliphatic heterocycles. The average molecular weight is 376 g/mol. The zero-order chi connectivity index (χ0) is 19.1. The number of rotatable bonds is 2. The standard InChI is InChI=1S/C19H15F3N2O3/c20-19(21,22)9-3-1-8(2-4-9)16(25)23-24-17(26)14-10-5-6-11(13-7-12(10)13)15(14)18(24)27/h1-6,10-13,26-27H,7H2,(H,23,25)/t10-,11+,12+,13-. The normalized spacial score (nSPS) is 27.2. The van der Waals surface area contributed by atoms with E-state index >= 15 is 0 Å². The number of hydrogen-bond donors (Lipinski definition) is 3. The minimum absolute atomic E-state index is 0.0163. The van der Waals surface area contributed by atoms with Gasteiger partial charge in [-0.1, -0.05) is 12.2 Å². The van der Waals surface area contributed by atoms with Gasteiger partial charge < -0.3 is 10.2 Å². The van der Waals surface area contributed by atoms with E-state index in [0.717, 1.165) is 35.4 Å². The van der Waals surface area contributed by atoms with Crippen LogP contribution in [0.5, 0.6) is 11.8 Å². The molecule has 1 heterocycles. The molecule has 8 heteroatoms. The van der Waals surface area contributed by atoms with Crippen molar-refractivity contribution in [3.8, 4) is 11.8 Å². The van der Waals surface area contributed by atoms with Crippen molar-refractivity contribution in [2.24, 2.45) is 11.8 Å². The van der Waals surface area contributed by atoms with Crippen LogP contribution in [-0.4, -0.2) is 20.8 Å². The summed E-state index contributed by atoms with van der Waals surface area (Å²) in [5.74, 6) is -0.235. The van der Waals surface area contributed by atoms with Crippen molar-refractivity contribution >= 4 is 5.91 Å². The van der Waals surface area contributed by atoms with Crippen molar-refractivity contribution in [2.45, 2.75) is 24.4 Å². The number of aromatic hydroxyl groups is 2. The summed E-state index contributed by atoms with van der Waals surface area (Å²) in [6.45, 7) is 0. The van der Waals surface area contributed by atoms with Crippen molar-refractivity contribution in [3.05, 3.63) is 58.7 Å². The highest BCUT2D eigenvalue weighted by Gasteiger charge is 2.57. The van der Waals surface area contributed by atoms with Gasteiger partial charge in [0.1, 0.15) is 0 Å². The lowest BCUT2D eigenvalue weighted by molar-refractivity contribution is -0.137. The van der Waals surface area contributed by atoms with Crippen LogP contribution in [0.1, 0.15) is 45.3 Å². The first-order valence-electron chi connectivity index (χ1n) is 8.60. The number of nitrogens with one attached hydrogen (secondary N) is 1. The third-order valence-corrected chi connectivity index (χ3v) is 5.89. The molecular formula is C19H15F3N2O3. The van der Waals surface area contributed by atoms with Gasteiger partial charge in [-0.05, 0) is 42.5 Å². The summed E-state index contributed by atoms with van der Waals surface area (Å²) in [5.41, 5.74) is 2.76. The van der Waals surface area contributed by atoms with E-state index < -0.39 is 17.6 Å². The number of hydrogen-bond acceptors (Lipinski definition) is 3. The van der Waals surface area contributed by atoms with E-state index in [0.29, 0.717) is 23.0 Å². The average Bonchev–Trinajstić information content (AvgIpc) is 3.42. The molecule has 1 fully saturated rings. The molecule has 3 N–H and O–H groups in total. The van der Waals surface area contributed by atoms with Crippen molar-refractivity contribution in [2.75, 3.05) is 5.43 Å². The fourth-order valence-corrected chi connectivity index (χ4v) is 4.53. The lowest BCUT2D eigenvalue weighted by Gasteiger charge is -2.29. The Morgan fingerprint density at radius 3 is 2.00 bits per heavy atom. The quantitative estimate of drug-likeness (QED) is 0.700. The maximum Gasteiger partial charge on any atom is 0.416 e. The number of benzene rings is 1. The first kappa shape index (κ1) is 16.3. The second-order valence-corrected chi connectivity index (χ2v) is 7.33. The van der Waals surface area contributed by atoms with Crippen LogP contribution in [0.2, 0.25) is 0 Å². The zero-order valence-corrected chi connectivity index (χ0v) is 13.9. The first-order chi connectivity index (χ1) is 12.8. The van der Waals surface area contributed by atoms with Crippen LogP contribution in [0.25, 0.3) is 0 Å². The van der Waals surface area contributed by atoms with Crippen LogP contribution in [0, 0.1) is 11.8 Å². The summed E-state index contributed by atoms with van der Waals surface area (Å²) in [5, 5.41) is 21.1. The van der Waals surface area contributed by atoms with E-state index in [9.17, 15) is 28.2 Å². The summed E-state index contributed by atoms with van der Waals surface area (Å²) < 4.78 is 38.8. The van der Waals surface area contributed by atoms with Crippen molar-refractivity contribution in [1.82, 2.24) is 4.68 Å². The van der Waals surface area contributed by atoms with Gasteiger partial charge in [-0.3, -0.25) is 10.2 Å². The fraction of sp³-hybridized carbons (Fsp3) is 0.316. The van der Waals surface area contributed by atoms with E-state index in [2.05, 4.69) is 5.43 Å². The second kappa shape index (κ2) is 5.09. The van der Waals surface area contributed by atoms with Crippen LogP contribution in [0.15, 0.2) is 36.4 Å². The number of carbonyl (C=O) groups is 1. The minimum atomic E-state index is -4.49. The molecule has 1 saturated carbocycles. The molecule has 6 rings (SSSR count). The van der Waals surface area contributed by atoms with Gasteiger partial charge >= 0.3 is 6.18 Å². The SMILES string of the molecule is O=C(Nn1c(O)c2c(c1O)[C@@H]1C=C[C@H]2[C@H]2C[C@H]21)c1ccc(C(F)(F)F)cc1. The highest BCUT2D eigenvalue weighted by molar-refractivity contribution is 6.00. The number of halogens is 3. The second-order valence-electron chi connectivity index (χ2n) is 7.33. The van der Waals surface area contributed by atoms with Crippen LogP contribution in [0.4, 0.5) is 13.2 Å². The van der Waals surface area contributed by atoms with E-state index in [-0.39, 0.29) is 29.2 Å². The minimum Gasteiger partial charge on any atom is -0.493 e. The number of nitrogens with zero attached hydrogens (tertiary/aromatic N) is 1. The number of amides is 1. The molecule has 27 heavy (non-hydrogen) atoms. The Labute approximate surface area is 151 Å². The molecule has 4 atom stereocenters. The molecular weight excluding hydrogens is 361 g/mol. The molecule has 2 bridgehead atoms. The third kappa shape index (κ3) is 2.22. The van der Waals surface area contributed by atoms with Crippen LogP contribution >= 0.6 is 0 Å². The van der Waals surface area contributed by atoms with Crippen molar-refractivity contribution < 1.29 is 28.2 Å². The predicted octanol–water partition coefficient (Wildman–Crippen LogP) is 3.69. The summed E-state index contributed by atoms with van der Waals surface area (Å²) in [4.78, 5) is 12.4. The lowest BCUT2D eigenvalue weighted by atomic mass is 9.73. The van der Waals surface area contributed by atoms with Crippen LogP contribution in [-0.2, 0) is 6.18 Å². The molecule has 1 aromatic heterocycles. The summed E-state index contributed by atoms with van der Waals surface area (Å²) in [7, 11) is 0. The maximum atomic E-state index is 12.6. The van der Waals surface area contributed by atoms with Gasteiger partial charge in [-0.15, -0.1) is 0 Å². The van der Waals surface area contributed by atoms with Gasteiger partial charge in [0.05, 0.1) is 5.56 Å². The molecule has 0 radical (unpaired) electrons. The van der Waals surface area contributed by atoms with Gasteiger partial charge in [0, 0.05) is 28.5 Å². The Kier molecular flexibility index (Phi) is 3.07. The maximum absolute atomic E-state index is 12.6. The van der Waals surface area contributed by atoms with Gasteiger partial charge in [0.15, 0.2) is 0 Å². The number of carbonyl (C=O) groups excluding carboxylic acids is 1.